The fourth-order valence-electron chi connectivity index (χ4n) is 2.89. The summed E-state index contributed by atoms with van der Waals surface area (Å²) in [5, 5.41) is 3.66. The van der Waals surface area contributed by atoms with E-state index in [1.165, 1.54) is 28.2 Å². The van der Waals surface area contributed by atoms with E-state index in [2.05, 4.69) is 103 Å². The molecular weight excluding hydrogens is 366 g/mol. The van der Waals surface area contributed by atoms with Gasteiger partial charge in [-0.1, -0.05) is 66.7 Å². The number of rotatable bonds is 10. The number of hydrogen-bond donors (Lipinski definition) is 1. The number of thioether (sulfide) groups is 2. The largest absolute Gasteiger partial charge is 0.310 e. The van der Waals surface area contributed by atoms with Crippen LogP contribution in [0.25, 0.3) is 0 Å². The fraction of sp³-hybridized carbons (Fsp3) is 0.250. The highest BCUT2D eigenvalue weighted by Gasteiger charge is 2.13. The zero-order valence-electron chi connectivity index (χ0n) is 15.8. The van der Waals surface area contributed by atoms with Crippen LogP contribution in [0.15, 0.2) is 101 Å². The summed E-state index contributed by atoms with van der Waals surface area (Å²) in [6.07, 6.45) is 2.34. The summed E-state index contributed by atoms with van der Waals surface area (Å²) < 4.78 is 0.517. The van der Waals surface area contributed by atoms with Crippen LogP contribution < -0.4 is 5.32 Å². The summed E-state index contributed by atoms with van der Waals surface area (Å²) in [6, 6.07) is 32.5. The summed E-state index contributed by atoms with van der Waals surface area (Å²) in [7, 11) is 0. The molecule has 0 aliphatic rings. The summed E-state index contributed by atoms with van der Waals surface area (Å²) in [5.41, 5.74) is 1.35. The number of benzene rings is 3. The highest BCUT2D eigenvalue weighted by molar-refractivity contribution is 8.17. The van der Waals surface area contributed by atoms with Gasteiger partial charge in [-0.15, -0.1) is 23.5 Å². The van der Waals surface area contributed by atoms with Gasteiger partial charge in [0.2, 0.25) is 0 Å². The smallest absolute Gasteiger partial charge is 0.0597 e. The predicted molar refractivity (Wildman–Crippen MR) is 120 cm³/mol. The molecule has 0 spiro atoms. The van der Waals surface area contributed by atoms with Gasteiger partial charge in [0.25, 0.3) is 0 Å². The molecular formula is C24H27NS2. The van der Waals surface area contributed by atoms with Crippen molar-refractivity contribution in [3.8, 4) is 0 Å². The topological polar surface area (TPSA) is 12.0 Å². The quantitative estimate of drug-likeness (QED) is 0.226. The van der Waals surface area contributed by atoms with E-state index in [1.54, 1.807) is 0 Å². The van der Waals surface area contributed by atoms with Gasteiger partial charge in [-0.2, -0.15) is 0 Å². The lowest BCUT2D eigenvalue weighted by Crippen LogP contribution is -2.20. The van der Waals surface area contributed by atoms with Crippen molar-refractivity contribution >= 4 is 23.5 Å². The molecule has 0 aliphatic carbocycles. The highest BCUT2D eigenvalue weighted by atomic mass is 32.2. The van der Waals surface area contributed by atoms with Crippen LogP contribution in [0.5, 0.6) is 0 Å². The SMILES string of the molecule is C[C@@H](NCCCC(Sc1ccccc1)Sc1ccccc1)c1ccccc1. The van der Waals surface area contributed by atoms with E-state index in [0.717, 1.165) is 6.54 Å². The van der Waals surface area contributed by atoms with E-state index in [4.69, 9.17) is 0 Å². The molecule has 0 saturated carbocycles. The second-order valence-corrected chi connectivity index (χ2v) is 9.37. The van der Waals surface area contributed by atoms with E-state index < -0.39 is 0 Å². The molecule has 0 fully saturated rings. The summed E-state index contributed by atoms with van der Waals surface area (Å²) in [4.78, 5) is 2.69. The molecule has 0 heterocycles. The van der Waals surface area contributed by atoms with Crippen molar-refractivity contribution < 1.29 is 0 Å². The molecule has 27 heavy (non-hydrogen) atoms. The van der Waals surface area contributed by atoms with Crippen molar-refractivity contribution in [1.29, 1.82) is 0 Å². The molecule has 0 bridgehead atoms. The minimum absolute atomic E-state index is 0.396. The van der Waals surface area contributed by atoms with Gasteiger partial charge in [0.1, 0.15) is 0 Å². The molecule has 3 aromatic carbocycles. The molecule has 0 aliphatic heterocycles. The first-order chi connectivity index (χ1) is 13.3. The summed E-state index contributed by atoms with van der Waals surface area (Å²) >= 11 is 3.95. The lowest BCUT2D eigenvalue weighted by atomic mass is 10.1. The Morgan fingerprint density at radius 2 is 1.19 bits per heavy atom. The van der Waals surface area contributed by atoms with Crippen molar-refractivity contribution in [1.82, 2.24) is 5.32 Å². The summed E-state index contributed by atoms with van der Waals surface area (Å²) in [6.45, 7) is 3.28. The van der Waals surface area contributed by atoms with E-state index in [-0.39, 0.29) is 0 Å². The Kier molecular flexibility index (Phi) is 8.34. The van der Waals surface area contributed by atoms with Crippen LogP contribution in [-0.4, -0.2) is 11.1 Å². The fourth-order valence-corrected chi connectivity index (χ4v) is 5.55. The number of nitrogens with one attached hydrogen (secondary N) is 1. The van der Waals surface area contributed by atoms with Gasteiger partial charge in [-0.25, -0.2) is 0 Å². The standard InChI is InChI=1S/C24H27NS2/c1-20(21-12-5-2-6-13-21)25-19-11-18-24(26-22-14-7-3-8-15-22)27-23-16-9-4-10-17-23/h2-10,12-17,20,24-25H,11,18-19H2,1H3/t20-/m1/s1. The molecule has 1 N–H and O–H groups in total. The third-order valence-corrected chi connectivity index (χ3v) is 7.05. The second-order valence-electron chi connectivity index (χ2n) is 6.52. The van der Waals surface area contributed by atoms with Gasteiger partial charge in [0.15, 0.2) is 0 Å². The van der Waals surface area contributed by atoms with Crippen LogP contribution in [0.3, 0.4) is 0 Å². The van der Waals surface area contributed by atoms with Crippen LogP contribution in [0.2, 0.25) is 0 Å². The Hall–Kier alpha value is -1.68. The molecule has 0 unspecified atom stereocenters. The molecule has 3 heteroatoms. The molecule has 140 valence electrons. The lowest BCUT2D eigenvalue weighted by molar-refractivity contribution is 0.553. The lowest BCUT2D eigenvalue weighted by Gasteiger charge is -2.18. The molecule has 0 amide bonds. The molecule has 0 radical (unpaired) electrons. The van der Waals surface area contributed by atoms with E-state index in [1.807, 2.05) is 23.5 Å². The van der Waals surface area contributed by atoms with Crippen molar-refractivity contribution in [3.63, 3.8) is 0 Å². The van der Waals surface area contributed by atoms with Crippen LogP contribution in [0.4, 0.5) is 0 Å². The van der Waals surface area contributed by atoms with Crippen LogP contribution >= 0.6 is 23.5 Å². The van der Waals surface area contributed by atoms with Crippen LogP contribution in [-0.2, 0) is 0 Å². The van der Waals surface area contributed by atoms with Gasteiger partial charge in [0, 0.05) is 15.8 Å². The molecule has 3 rings (SSSR count). The maximum Gasteiger partial charge on any atom is 0.0597 e. The molecule has 1 nitrogen and oxygen atoms in total. The van der Waals surface area contributed by atoms with Crippen LogP contribution in [0.1, 0.15) is 31.4 Å². The monoisotopic (exact) mass is 393 g/mol. The van der Waals surface area contributed by atoms with Crippen molar-refractivity contribution in [2.75, 3.05) is 6.54 Å². The zero-order valence-corrected chi connectivity index (χ0v) is 17.4. The third kappa shape index (κ3) is 7.10. The Morgan fingerprint density at radius 3 is 1.70 bits per heavy atom. The third-order valence-electron chi connectivity index (χ3n) is 4.39. The molecule has 3 aromatic rings. The Morgan fingerprint density at radius 1 is 0.704 bits per heavy atom. The maximum atomic E-state index is 3.66. The average molecular weight is 394 g/mol. The van der Waals surface area contributed by atoms with Gasteiger partial charge in [-0.3, -0.25) is 0 Å². The first-order valence-corrected chi connectivity index (χ1v) is 11.3. The van der Waals surface area contributed by atoms with Gasteiger partial charge in [0.05, 0.1) is 4.58 Å². The van der Waals surface area contributed by atoms with E-state index >= 15 is 0 Å². The minimum atomic E-state index is 0.396. The van der Waals surface area contributed by atoms with E-state index in [0.29, 0.717) is 10.6 Å². The first kappa shape index (κ1) is 20.1. The van der Waals surface area contributed by atoms with Crippen molar-refractivity contribution in [2.45, 2.75) is 40.2 Å². The first-order valence-electron chi connectivity index (χ1n) is 9.53. The maximum absolute atomic E-state index is 3.66. The summed E-state index contributed by atoms with van der Waals surface area (Å²) in [5.74, 6) is 0. The normalized spacial score (nSPS) is 12.2. The Balaban J connectivity index is 1.51. The average Bonchev–Trinajstić information content (AvgIpc) is 2.73. The van der Waals surface area contributed by atoms with Gasteiger partial charge >= 0.3 is 0 Å². The van der Waals surface area contributed by atoms with Gasteiger partial charge in [-0.05, 0) is 56.1 Å². The predicted octanol–water partition coefficient (Wildman–Crippen LogP) is 7.03. The highest BCUT2D eigenvalue weighted by Crippen LogP contribution is 2.38. The Labute approximate surface area is 172 Å². The van der Waals surface area contributed by atoms with E-state index in [9.17, 15) is 0 Å². The molecule has 0 saturated heterocycles. The molecule has 0 aromatic heterocycles. The Bertz CT molecular complexity index is 721. The zero-order chi connectivity index (χ0) is 18.7. The minimum Gasteiger partial charge on any atom is -0.310 e. The van der Waals surface area contributed by atoms with Gasteiger partial charge < -0.3 is 5.32 Å². The van der Waals surface area contributed by atoms with Crippen molar-refractivity contribution in [2.24, 2.45) is 0 Å². The van der Waals surface area contributed by atoms with Crippen molar-refractivity contribution in [3.05, 3.63) is 96.6 Å². The van der Waals surface area contributed by atoms with Crippen LogP contribution in [0, 0.1) is 0 Å². The second kappa shape index (κ2) is 11.2. The number of hydrogen-bond acceptors (Lipinski definition) is 3. The molecule has 1 atom stereocenters.